The number of rotatable bonds is 9. The first kappa shape index (κ1) is 27.9. The molecular formula is C23H34ClN5O7. The van der Waals surface area contributed by atoms with Gasteiger partial charge in [-0.1, -0.05) is 11.6 Å². The van der Waals surface area contributed by atoms with Crippen molar-refractivity contribution in [3.8, 4) is 0 Å². The molecule has 2 saturated heterocycles. The van der Waals surface area contributed by atoms with Crippen LogP contribution in [0.25, 0.3) is 0 Å². The summed E-state index contributed by atoms with van der Waals surface area (Å²) in [5.41, 5.74) is 4.81. The number of halogens is 1. The summed E-state index contributed by atoms with van der Waals surface area (Å²) in [4.78, 5) is 55.9. The summed E-state index contributed by atoms with van der Waals surface area (Å²) in [6.45, 7) is 2.82. The molecule has 2 fully saturated rings. The fourth-order valence-corrected chi connectivity index (χ4v) is 4.62. The number of carbonyl (C=O) groups is 3. The van der Waals surface area contributed by atoms with Crippen LogP contribution in [-0.2, 0) is 23.8 Å². The van der Waals surface area contributed by atoms with Gasteiger partial charge in [-0.2, -0.15) is 0 Å². The number of nitrogen functional groups attached to an aromatic ring is 1. The van der Waals surface area contributed by atoms with Gasteiger partial charge in [0.05, 0.1) is 36.2 Å². The summed E-state index contributed by atoms with van der Waals surface area (Å²) in [6.07, 6.45) is 1.31. The summed E-state index contributed by atoms with van der Waals surface area (Å²) in [5.74, 6) is -1.03. The van der Waals surface area contributed by atoms with Crippen LogP contribution >= 0.6 is 11.6 Å². The molecule has 13 heteroatoms. The van der Waals surface area contributed by atoms with E-state index in [0.717, 1.165) is 0 Å². The second-order valence-corrected chi connectivity index (χ2v) is 9.37. The van der Waals surface area contributed by atoms with Crippen molar-refractivity contribution in [2.24, 2.45) is 5.92 Å². The highest BCUT2D eigenvalue weighted by atomic mass is 35.5. The van der Waals surface area contributed by atoms with Crippen LogP contribution in [0.1, 0.15) is 29.6 Å². The number of aromatic amines is 1. The zero-order valence-corrected chi connectivity index (χ0v) is 21.3. The summed E-state index contributed by atoms with van der Waals surface area (Å²) < 4.78 is 15.7. The van der Waals surface area contributed by atoms with Gasteiger partial charge in [0.15, 0.2) is 0 Å². The molecule has 2 atom stereocenters. The van der Waals surface area contributed by atoms with Crippen molar-refractivity contribution in [1.82, 2.24) is 20.1 Å². The molecule has 2 aliphatic heterocycles. The quantitative estimate of drug-likeness (QED) is 0.293. The Bertz CT molecular complexity index is 996. The molecule has 2 amide bonds. The topological polar surface area (TPSA) is 156 Å². The van der Waals surface area contributed by atoms with E-state index >= 15 is 0 Å². The molecule has 0 saturated carbocycles. The standard InChI is InChI=1S/C23H34ClN5O7/c1-34-9-10-36-23(33)14-3-7-29(8-4-14)19(30)13-28-6-5-17(18(12-28)35-2)26-21(31)15-11-16(24)20(25)27-22(15)32/h11,14,17-18H,3-10,12-13H2,1-2H3,(H,26,31)(H3,25,27,32)/t17-,18+/m0/s1. The van der Waals surface area contributed by atoms with Gasteiger partial charge in [0.2, 0.25) is 5.91 Å². The van der Waals surface area contributed by atoms with Crippen molar-refractivity contribution in [3.63, 3.8) is 0 Å². The van der Waals surface area contributed by atoms with Crippen LogP contribution in [0.5, 0.6) is 0 Å². The maximum atomic E-state index is 12.9. The molecule has 0 aliphatic carbocycles. The fraction of sp³-hybridized carbons (Fsp3) is 0.652. The maximum Gasteiger partial charge on any atom is 0.309 e. The fourth-order valence-electron chi connectivity index (χ4n) is 4.46. The van der Waals surface area contributed by atoms with Crippen molar-refractivity contribution in [1.29, 1.82) is 0 Å². The second kappa shape index (κ2) is 13.0. The predicted octanol–water partition coefficient (Wildman–Crippen LogP) is -0.142. The van der Waals surface area contributed by atoms with Crippen LogP contribution in [0, 0.1) is 5.92 Å². The summed E-state index contributed by atoms with van der Waals surface area (Å²) in [5, 5.41) is 2.92. The number of nitrogens with one attached hydrogen (secondary N) is 2. The minimum Gasteiger partial charge on any atom is -0.463 e. The van der Waals surface area contributed by atoms with E-state index in [1.165, 1.54) is 6.07 Å². The van der Waals surface area contributed by atoms with E-state index in [0.29, 0.717) is 52.0 Å². The molecule has 12 nitrogen and oxygen atoms in total. The third-order valence-electron chi connectivity index (χ3n) is 6.60. The average molecular weight is 528 g/mol. The number of aromatic nitrogens is 1. The van der Waals surface area contributed by atoms with Gasteiger partial charge >= 0.3 is 5.97 Å². The first-order valence-electron chi connectivity index (χ1n) is 11.9. The largest absolute Gasteiger partial charge is 0.463 e. The summed E-state index contributed by atoms with van der Waals surface area (Å²) >= 11 is 5.94. The van der Waals surface area contributed by atoms with Crippen molar-refractivity contribution in [3.05, 3.63) is 27.0 Å². The molecule has 3 rings (SSSR count). The highest BCUT2D eigenvalue weighted by Gasteiger charge is 2.34. The van der Waals surface area contributed by atoms with Crippen LogP contribution < -0.4 is 16.6 Å². The van der Waals surface area contributed by atoms with Crippen molar-refractivity contribution < 1.29 is 28.6 Å². The van der Waals surface area contributed by atoms with E-state index in [2.05, 4.69) is 10.3 Å². The van der Waals surface area contributed by atoms with Gasteiger partial charge in [0.25, 0.3) is 11.5 Å². The van der Waals surface area contributed by atoms with Crippen LogP contribution in [0.4, 0.5) is 5.82 Å². The van der Waals surface area contributed by atoms with Gasteiger partial charge < -0.3 is 35.1 Å². The van der Waals surface area contributed by atoms with Gasteiger partial charge in [-0.05, 0) is 25.3 Å². The molecular weight excluding hydrogens is 494 g/mol. The Hall–Kier alpha value is -2.67. The Balaban J connectivity index is 1.47. The van der Waals surface area contributed by atoms with E-state index in [1.807, 2.05) is 4.90 Å². The number of H-pyrrole nitrogens is 1. The Morgan fingerprint density at radius 1 is 1.17 bits per heavy atom. The number of hydrogen-bond donors (Lipinski definition) is 3. The maximum absolute atomic E-state index is 12.9. The molecule has 0 unspecified atom stereocenters. The molecule has 4 N–H and O–H groups in total. The van der Waals surface area contributed by atoms with Gasteiger partial charge in [0, 0.05) is 40.4 Å². The van der Waals surface area contributed by atoms with Crippen LogP contribution in [-0.4, -0.2) is 105 Å². The number of amides is 2. The summed E-state index contributed by atoms with van der Waals surface area (Å²) in [7, 11) is 3.09. The van der Waals surface area contributed by atoms with Crippen LogP contribution in [0.2, 0.25) is 5.02 Å². The van der Waals surface area contributed by atoms with Crippen molar-refractivity contribution >= 4 is 35.2 Å². The second-order valence-electron chi connectivity index (χ2n) is 8.97. The molecule has 0 bridgehead atoms. The molecule has 2 aliphatic rings. The number of pyridine rings is 1. The SMILES string of the molecule is COCCOC(=O)C1CCN(C(=O)CN2CC[C@H](NC(=O)c3cc(Cl)c(N)[nH]c3=O)[C@H](OC)C2)CC1. The molecule has 0 spiro atoms. The number of ether oxygens (including phenoxy) is 3. The number of esters is 1. The molecule has 0 aromatic carbocycles. The Morgan fingerprint density at radius 3 is 2.56 bits per heavy atom. The van der Waals surface area contributed by atoms with E-state index in [-0.39, 0.29) is 59.5 Å². The first-order valence-corrected chi connectivity index (χ1v) is 12.3. The normalized spacial score (nSPS) is 21.2. The van der Waals surface area contributed by atoms with E-state index in [1.54, 1.807) is 19.1 Å². The lowest BCUT2D eigenvalue weighted by atomic mass is 9.97. The molecule has 36 heavy (non-hydrogen) atoms. The van der Waals surface area contributed by atoms with Crippen molar-refractivity contribution in [2.75, 3.05) is 65.9 Å². The number of piperidine rings is 2. The third kappa shape index (κ3) is 7.19. The smallest absolute Gasteiger partial charge is 0.309 e. The lowest BCUT2D eigenvalue weighted by molar-refractivity contribution is -0.153. The molecule has 3 heterocycles. The highest BCUT2D eigenvalue weighted by Crippen LogP contribution is 2.20. The molecule has 1 aromatic rings. The predicted molar refractivity (Wildman–Crippen MR) is 132 cm³/mol. The van der Waals surface area contributed by atoms with Crippen LogP contribution in [0.3, 0.4) is 0 Å². The zero-order chi connectivity index (χ0) is 26.2. The monoisotopic (exact) mass is 527 g/mol. The summed E-state index contributed by atoms with van der Waals surface area (Å²) in [6, 6.07) is 0.896. The number of anilines is 1. The number of nitrogens with zero attached hydrogens (tertiary/aromatic N) is 2. The minimum atomic E-state index is -0.626. The number of hydrogen-bond acceptors (Lipinski definition) is 9. The lowest BCUT2D eigenvalue weighted by Crippen LogP contribution is -2.57. The minimum absolute atomic E-state index is 0.00260. The lowest BCUT2D eigenvalue weighted by Gasteiger charge is -2.39. The zero-order valence-electron chi connectivity index (χ0n) is 20.6. The van der Waals surface area contributed by atoms with Gasteiger partial charge in [0.1, 0.15) is 18.0 Å². The van der Waals surface area contributed by atoms with E-state index < -0.39 is 11.5 Å². The number of likely N-dealkylation sites (tertiary alicyclic amines) is 2. The molecule has 200 valence electrons. The average Bonchev–Trinajstić information content (AvgIpc) is 2.87. The Labute approximate surface area is 214 Å². The van der Waals surface area contributed by atoms with Gasteiger partial charge in [-0.3, -0.25) is 24.1 Å². The van der Waals surface area contributed by atoms with E-state index in [9.17, 15) is 19.2 Å². The highest BCUT2D eigenvalue weighted by molar-refractivity contribution is 6.33. The third-order valence-corrected chi connectivity index (χ3v) is 6.91. The van der Waals surface area contributed by atoms with Gasteiger partial charge in [-0.25, -0.2) is 0 Å². The molecule has 1 aromatic heterocycles. The van der Waals surface area contributed by atoms with Crippen LogP contribution in [0.15, 0.2) is 10.9 Å². The number of methoxy groups -OCH3 is 2. The van der Waals surface area contributed by atoms with E-state index in [4.69, 9.17) is 31.5 Å². The van der Waals surface area contributed by atoms with Gasteiger partial charge in [-0.15, -0.1) is 0 Å². The molecule has 0 radical (unpaired) electrons. The Kier molecular flexibility index (Phi) is 10.1. The number of nitrogens with two attached hydrogens (primary N) is 1. The first-order chi connectivity index (χ1) is 17.2. The van der Waals surface area contributed by atoms with Crippen molar-refractivity contribution in [2.45, 2.75) is 31.4 Å². The number of carbonyl (C=O) groups excluding carboxylic acids is 3. The Morgan fingerprint density at radius 2 is 1.89 bits per heavy atom.